The predicted molar refractivity (Wildman–Crippen MR) is 171 cm³/mol. The van der Waals surface area contributed by atoms with Gasteiger partial charge in [-0.15, -0.1) is 11.3 Å². The van der Waals surface area contributed by atoms with Gasteiger partial charge in [0, 0.05) is 52.1 Å². The fourth-order valence-electron chi connectivity index (χ4n) is 6.53. The molecule has 5 aromatic rings. The Morgan fingerprint density at radius 1 is 1.02 bits per heavy atom. The first-order valence-corrected chi connectivity index (χ1v) is 16.0. The van der Waals surface area contributed by atoms with E-state index in [-0.39, 0.29) is 37.2 Å². The quantitative estimate of drug-likeness (QED) is 0.206. The van der Waals surface area contributed by atoms with Crippen molar-refractivity contribution < 1.29 is 14.0 Å². The Balaban J connectivity index is 1.06. The van der Waals surface area contributed by atoms with Gasteiger partial charge in [0.05, 0.1) is 30.7 Å². The highest BCUT2D eigenvalue weighted by Crippen LogP contribution is 2.31. The van der Waals surface area contributed by atoms with Crippen LogP contribution in [0, 0.1) is 0 Å². The van der Waals surface area contributed by atoms with Gasteiger partial charge in [-0.2, -0.15) is 10.2 Å². The summed E-state index contributed by atoms with van der Waals surface area (Å²) in [5, 5.41) is 14.7. The minimum absolute atomic E-state index is 0.0168. The molecule has 4 heterocycles. The predicted octanol–water partition coefficient (Wildman–Crippen LogP) is 6.35. The summed E-state index contributed by atoms with van der Waals surface area (Å²) in [4.78, 5) is 32.6. The second-order valence-corrected chi connectivity index (χ2v) is 12.6. The van der Waals surface area contributed by atoms with Crippen molar-refractivity contribution in [2.75, 3.05) is 18.4 Å². The number of carbonyl (C=O) groups excluding carboxylic acids is 2. The number of nitrogens with one attached hydrogen (secondary N) is 1. The number of hydrogen-bond donors (Lipinski definition) is 1. The van der Waals surface area contributed by atoms with Gasteiger partial charge in [0.1, 0.15) is 12.7 Å². The highest BCUT2D eigenvalue weighted by molar-refractivity contribution is 7.14. The number of nitrogens with zero attached hydrogens (tertiary/aromatic N) is 5. The fraction of sp³-hybridized carbons (Fsp3) is 0.324. The maximum Gasteiger partial charge on any atom is 0.242 e. The highest BCUT2D eigenvalue weighted by Gasteiger charge is 2.35. The Hall–Kier alpha value is -4.44. The summed E-state index contributed by atoms with van der Waals surface area (Å²) in [6, 6.07) is 14.0. The second kappa shape index (κ2) is 11.9. The van der Waals surface area contributed by atoms with E-state index in [0.717, 1.165) is 51.3 Å². The largest absolute Gasteiger partial charge is 0.359 e. The van der Waals surface area contributed by atoms with Gasteiger partial charge >= 0.3 is 0 Å². The van der Waals surface area contributed by atoms with Crippen molar-refractivity contribution in [1.29, 1.82) is 0 Å². The summed E-state index contributed by atoms with van der Waals surface area (Å²) < 4.78 is 16.5. The molecule has 2 aliphatic rings. The monoisotopic (exact) mass is 608 g/mol. The van der Waals surface area contributed by atoms with Crippen molar-refractivity contribution in [3.63, 3.8) is 0 Å². The number of carbonyl (C=O) groups is 2. The molecule has 2 atom stereocenters. The van der Waals surface area contributed by atoms with Crippen molar-refractivity contribution in [2.45, 2.75) is 57.8 Å². The Kier molecular flexibility index (Phi) is 7.68. The third-order valence-corrected chi connectivity index (χ3v) is 9.60. The molecule has 1 N–H and O–H groups in total. The lowest BCUT2D eigenvalue weighted by Crippen LogP contribution is -2.41. The number of hydrogen-bond acceptors (Lipinski definition) is 7. The number of fused-ring (bicyclic) bond motifs is 2. The smallest absolute Gasteiger partial charge is 0.242 e. The number of likely N-dealkylation sites (tertiary alicyclic amines) is 1. The molecule has 10 heteroatoms. The molecule has 2 aromatic carbocycles. The molecule has 7 rings (SSSR count). The van der Waals surface area contributed by atoms with Crippen molar-refractivity contribution >= 4 is 39.1 Å². The molecule has 1 amide bonds. The number of ketones is 1. The number of alkyl halides is 1. The van der Waals surface area contributed by atoms with Crippen LogP contribution < -0.4 is 5.32 Å². The molecule has 0 saturated carbocycles. The number of Topliss-reactive ketones (excluding diaryl/α,β-unsaturated/α-hetero) is 1. The van der Waals surface area contributed by atoms with Crippen LogP contribution in [0.25, 0.3) is 33.3 Å². The van der Waals surface area contributed by atoms with Crippen LogP contribution in [0.15, 0.2) is 66.4 Å². The number of aryl methyl sites for hydroxylation is 2. The Bertz CT molecular complexity index is 1850. The Labute approximate surface area is 259 Å². The number of thiazole rings is 1. The Morgan fingerprint density at radius 2 is 1.86 bits per heavy atom. The minimum Gasteiger partial charge on any atom is -0.359 e. The van der Waals surface area contributed by atoms with Crippen molar-refractivity contribution in [3.05, 3.63) is 83.1 Å². The molecule has 0 unspecified atom stereocenters. The molecule has 1 saturated heterocycles. The number of benzene rings is 2. The van der Waals surface area contributed by atoms with Gasteiger partial charge in [0.15, 0.2) is 10.9 Å². The summed E-state index contributed by atoms with van der Waals surface area (Å²) in [7, 11) is 0. The van der Waals surface area contributed by atoms with Crippen LogP contribution in [0.4, 0.5) is 9.52 Å². The molecule has 1 fully saturated rings. The lowest BCUT2D eigenvalue weighted by atomic mass is 9.90. The fourth-order valence-corrected chi connectivity index (χ4v) is 7.26. The van der Waals surface area contributed by atoms with Crippen LogP contribution in [0.2, 0.25) is 0 Å². The van der Waals surface area contributed by atoms with Gasteiger partial charge in [-0.3, -0.25) is 9.59 Å². The maximum atomic E-state index is 14.7. The van der Waals surface area contributed by atoms with Crippen molar-refractivity contribution in [1.82, 2.24) is 24.6 Å². The topological polar surface area (TPSA) is 93.0 Å². The first-order valence-electron chi connectivity index (χ1n) is 15.1. The number of aromatic nitrogens is 4. The zero-order valence-electron chi connectivity index (χ0n) is 24.5. The SMILES string of the molecule is CC(=O)c1cn(CC(=O)N2C[C@H](F)C[C@H]2CNc2nc(-c3ccc4c(c3)CCCC4)cs2)c2ccc(-c3ccnnc3)cc12. The van der Waals surface area contributed by atoms with Crippen LogP contribution in [0.5, 0.6) is 0 Å². The van der Waals surface area contributed by atoms with E-state index in [2.05, 4.69) is 33.7 Å². The van der Waals surface area contributed by atoms with Crippen LogP contribution >= 0.6 is 11.3 Å². The van der Waals surface area contributed by atoms with E-state index >= 15 is 0 Å². The highest BCUT2D eigenvalue weighted by atomic mass is 32.1. The molecule has 3 aromatic heterocycles. The van der Waals surface area contributed by atoms with Gasteiger partial charge in [-0.25, -0.2) is 9.37 Å². The molecule has 44 heavy (non-hydrogen) atoms. The average molecular weight is 609 g/mol. The van der Waals surface area contributed by atoms with Crippen molar-refractivity contribution in [2.24, 2.45) is 0 Å². The van der Waals surface area contributed by atoms with E-state index in [4.69, 9.17) is 4.98 Å². The molecule has 0 spiro atoms. The van der Waals surface area contributed by atoms with E-state index in [1.165, 1.54) is 42.2 Å². The number of rotatable bonds is 8. The summed E-state index contributed by atoms with van der Waals surface area (Å²) in [6.45, 7) is 2.01. The average Bonchev–Trinajstić information content (AvgIpc) is 3.77. The van der Waals surface area contributed by atoms with Crippen LogP contribution in [0.1, 0.15) is 47.7 Å². The van der Waals surface area contributed by atoms with Gasteiger partial charge < -0.3 is 14.8 Å². The number of amides is 1. The van der Waals surface area contributed by atoms with Crippen LogP contribution in [-0.2, 0) is 24.2 Å². The normalized spacial score (nSPS) is 18.0. The van der Waals surface area contributed by atoms with Gasteiger partial charge in [0.25, 0.3) is 0 Å². The summed E-state index contributed by atoms with van der Waals surface area (Å²) >= 11 is 1.52. The number of anilines is 1. The van der Waals surface area contributed by atoms with E-state index in [1.54, 1.807) is 28.1 Å². The molecule has 0 radical (unpaired) electrons. The first kappa shape index (κ1) is 28.3. The zero-order valence-corrected chi connectivity index (χ0v) is 25.3. The molecular weight excluding hydrogens is 575 g/mol. The second-order valence-electron chi connectivity index (χ2n) is 11.7. The summed E-state index contributed by atoms with van der Waals surface area (Å²) in [5.74, 6) is -0.267. The molecule has 1 aliphatic heterocycles. The standard InChI is InChI=1S/C34H33FN6O2S/c1-21(42)30-18-40(32-9-8-24(13-29(30)32)26-10-11-37-38-15-26)19-33(43)41-17-27(35)14-28(41)16-36-34-39-31(20-44-34)25-7-6-22-4-2-3-5-23(22)12-25/h6-13,15,18,20,27-28H,2-5,14,16-17,19H2,1H3,(H,36,39)/t27-,28+/m1/s1. The lowest BCUT2D eigenvalue weighted by Gasteiger charge is -2.25. The third kappa shape index (κ3) is 5.61. The summed E-state index contributed by atoms with van der Waals surface area (Å²) in [5.41, 5.74) is 8.01. The van der Waals surface area contributed by atoms with E-state index in [9.17, 15) is 14.0 Å². The lowest BCUT2D eigenvalue weighted by molar-refractivity contribution is -0.132. The van der Waals surface area contributed by atoms with Gasteiger partial charge in [-0.1, -0.05) is 18.2 Å². The molecule has 8 nitrogen and oxygen atoms in total. The summed E-state index contributed by atoms with van der Waals surface area (Å²) in [6.07, 6.45) is 8.97. The minimum atomic E-state index is -1.08. The first-order chi connectivity index (χ1) is 21.4. The third-order valence-electron chi connectivity index (χ3n) is 8.80. The zero-order chi connectivity index (χ0) is 30.2. The molecular formula is C34H33FN6O2S. The van der Waals surface area contributed by atoms with E-state index < -0.39 is 6.17 Å². The maximum absolute atomic E-state index is 14.7. The van der Waals surface area contributed by atoms with E-state index in [0.29, 0.717) is 12.1 Å². The molecule has 0 bridgehead atoms. The van der Waals surface area contributed by atoms with Crippen molar-refractivity contribution in [3.8, 4) is 22.4 Å². The Morgan fingerprint density at radius 3 is 2.68 bits per heavy atom. The molecule has 224 valence electrons. The molecule has 1 aliphatic carbocycles. The van der Waals surface area contributed by atoms with Crippen LogP contribution in [0.3, 0.4) is 0 Å². The van der Waals surface area contributed by atoms with Gasteiger partial charge in [0.2, 0.25) is 5.91 Å². The van der Waals surface area contributed by atoms with Crippen LogP contribution in [-0.4, -0.2) is 61.6 Å². The number of halogens is 1. The van der Waals surface area contributed by atoms with Gasteiger partial charge in [-0.05, 0) is 73.6 Å². The van der Waals surface area contributed by atoms with E-state index in [1.807, 2.05) is 29.6 Å².